The van der Waals surface area contributed by atoms with Crippen LogP contribution in [-0.2, 0) is 33.6 Å². The molecule has 2 N–H and O–H groups in total. The van der Waals surface area contributed by atoms with Crippen LogP contribution in [0.1, 0.15) is 146 Å². The van der Waals surface area contributed by atoms with E-state index in [1.807, 2.05) is 64.1 Å². The van der Waals surface area contributed by atoms with E-state index in [0.29, 0.717) is 13.1 Å². The Balaban J connectivity index is 0.000000548. The summed E-state index contributed by atoms with van der Waals surface area (Å²) in [5.74, 6) is 0. The molecule has 0 saturated carbocycles. The molecule has 0 heterocycles. The SMILES string of the molecule is CC(/C=C(/C)[N-]c1c(C)cc(C)cc1C)=Nc1c(C)cc(C)cc1C.CC(/C=C(/C)[N-]c1c(C)cc(C)cc1C)=Nc1c(C)cc(C)cc1C.CC(C)(C[NH-])C/C=C/c1ccccc1.CC(C)(C[NH-])C/C=C/c1ccccc1.[Co+2].[Co+2]. The zero-order valence-electron chi connectivity index (χ0n) is 52.1. The fraction of sp³-hybridized carbons (Fsp3) is 0.361. The molecule has 80 heavy (non-hydrogen) atoms. The first-order chi connectivity index (χ1) is 36.6. The Labute approximate surface area is 506 Å². The second-order valence-corrected chi connectivity index (χ2v) is 23.0. The van der Waals surface area contributed by atoms with E-state index in [4.69, 9.17) is 32.1 Å². The number of rotatable bonds is 16. The monoisotopic (exact) mass is 1160 g/mol. The van der Waals surface area contributed by atoms with Crippen molar-refractivity contribution in [3.63, 3.8) is 0 Å². The Hall–Kier alpha value is -5.85. The molecule has 0 saturated heterocycles. The van der Waals surface area contributed by atoms with Crippen molar-refractivity contribution in [2.75, 3.05) is 13.1 Å². The fourth-order valence-corrected chi connectivity index (χ4v) is 9.13. The third-order valence-corrected chi connectivity index (χ3v) is 13.0. The molecule has 0 aliphatic carbocycles. The summed E-state index contributed by atoms with van der Waals surface area (Å²) < 4.78 is 0. The average Bonchev–Trinajstić information content (AvgIpc) is 3.35. The van der Waals surface area contributed by atoms with Crippen molar-refractivity contribution in [1.29, 1.82) is 0 Å². The van der Waals surface area contributed by atoms with E-state index < -0.39 is 0 Å². The minimum absolute atomic E-state index is 0. The van der Waals surface area contributed by atoms with Crippen LogP contribution >= 0.6 is 0 Å². The summed E-state index contributed by atoms with van der Waals surface area (Å²) in [6, 6.07) is 38.0. The first-order valence-electron chi connectivity index (χ1n) is 27.6. The quantitative estimate of drug-likeness (QED) is 0.0862. The molecule has 0 spiro atoms. The molecule has 0 unspecified atom stereocenters. The van der Waals surface area contributed by atoms with Gasteiger partial charge in [-0.25, -0.2) is 0 Å². The van der Waals surface area contributed by atoms with Crippen LogP contribution in [0, 0.1) is 93.9 Å². The van der Waals surface area contributed by atoms with Gasteiger partial charge in [0.05, 0.1) is 11.4 Å². The van der Waals surface area contributed by atoms with Crippen molar-refractivity contribution in [2.24, 2.45) is 20.8 Å². The van der Waals surface area contributed by atoms with Gasteiger partial charge in [-0.1, -0.05) is 243 Å². The number of hydrogen-bond donors (Lipinski definition) is 0. The van der Waals surface area contributed by atoms with Crippen molar-refractivity contribution in [1.82, 2.24) is 0 Å². The molecule has 0 fully saturated rings. The molecular formula is C72H94Co2N6. The fourth-order valence-electron chi connectivity index (χ4n) is 9.13. The predicted molar refractivity (Wildman–Crippen MR) is 348 cm³/mol. The largest absolute Gasteiger partial charge is 2.00 e. The average molecular weight is 1160 g/mol. The predicted octanol–water partition coefficient (Wildman–Crippen LogP) is 22.8. The smallest absolute Gasteiger partial charge is 0.677 e. The third kappa shape index (κ3) is 26.2. The van der Waals surface area contributed by atoms with Crippen molar-refractivity contribution >= 4 is 46.3 Å². The minimum Gasteiger partial charge on any atom is -0.677 e. The number of nitrogens with zero attached hydrogens (tertiary/aromatic N) is 4. The molecule has 8 heteroatoms. The second kappa shape index (κ2) is 35.1. The van der Waals surface area contributed by atoms with Gasteiger partial charge in [0.25, 0.3) is 0 Å². The van der Waals surface area contributed by atoms with Crippen LogP contribution in [0.4, 0.5) is 22.7 Å². The van der Waals surface area contributed by atoms with Gasteiger partial charge in [0.1, 0.15) is 0 Å². The Morgan fingerprint density at radius 1 is 0.412 bits per heavy atom. The van der Waals surface area contributed by atoms with Crippen molar-refractivity contribution < 1.29 is 33.6 Å². The maximum absolute atomic E-state index is 7.35. The van der Waals surface area contributed by atoms with Gasteiger partial charge in [0.15, 0.2) is 0 Å². The van der Waals surface area contributed by atoms with Crippen molar-refractivity contribution in [2.45, 2.75) is 151 Å². The van der Waals surface area contributed by atoms with E-state index in [1.165, 1.54) is 77.9 Å². The molecule has 430 valence electrons. The molecule has 6 aromatic rings. The summed E-state index contributed by atoms with van der Waals surface area (Å²) in [4.78, 5) is 9.64. The molecule has 2 radical (unpaired) electrons. The van der Waals surface area contributed by atoms with Crippen LogP contribution < -0.4 is 0 Å². The number of aliphatic imine (C=N–C) groups is 2. The summed E-state index contributed by atoms with van der Waals surface area (Å²) in [7, 11) is 0. The van der Waals surface area contributed by atoms with E-state index in [2.05, 4.69) is 220 Å². The van der Waals surface area contributed by atoms with E-state index in [-0.39, 0.29) is 44.4 Å². The minimum atomic E-state index is 0. The van der Waals surface area contributed by atoms with E-state index in [1.54, 1.807) is 0 Å². The van der Waals surface area contributed by atoms with E-state index in [9.17, 15) is 0 Å². The Bertz CT molecular complexity index is 2780. The van der Waals surface area contributed by atoms with E-state index >= 15 is 0 Å². The van der Waals surface area contributed by atoms with Crippen LogP contribution in [0.25, 0.3) is 34.3 Å². The van der Waals surface area contributed by atoms with Crippen LogP contribution in [0.5, 0.6) is 0 Å². The Morgan fingerprint density at radius 2 is 0.662 bits per heavy atom. The van der Waals surface area contributed by atoms with Gasteiger partial charge in [0, 0.05) is 11.4 Å². The van der Waals surface area contributed by atoms with Gasteiger partial charge >= 0.3 is 33.6 Å². The summed E-state index contributed by atoms with van der Waals surface area (Å²) in [5, 5.41) is 9.64. The summed E-state index contributed by atoms with van der Waals surface area (Å²) in [5.41, 5.74) is 40.3. The summed E-state index contributed by atoms with van der Waals surface area (Å²) in [6.45, 7) is 43.0. The Kier molecular flexibility index (Phi) is 31.7. The molecule has 6 aromatic carbocycles. The van der Waals surface area contributed by atoms with Crippen LogP contribution in [0.15, 0.2) is 155 Å². The zero-order valence-corrected chi connectivity index (χ0v) is 54.2. The van der Waals surface area contributed by atoms with Gasteiger partial charge in [-0.15, -0.1) is 24.5 Å². The second-order valence-electron chi connectivity index (χ2n) is 23.0. The van der Waals surface area contributed by atoms with Crippen LogP contribution in [-0.4, -0.2) is 24.5 Å². The van der Waals surface area contributed by atoms with Gasteiger partial charge in [-0.2, -0.15) is 11.4 Å². The number of benzene rings is 6. The summed E-state index contributed by atoms with van der Waals surface area (Å²) in [6.07, 6.45) is 14.6. The van der Waals surface area contributed by atoms with E-state index in [0.717, 1.165) is 58.4 Å². The third-order valence-electron chi connectivity index (χ3n) is 13.0. The molecule has 6 rings (SSSR count). The number of aryl methyl sites for hydroxylation is 12. The molecule has 0 aliphatic rings. The van der Waals surface area contributed by atoms with Gasteiger partial charge in [-0.05, 0) is 143 Å². The number of nitrogens with one attached hydrogen (secondary N) is 2. The maximum Gasteiger partial charge on any atom is 2.00 e. The van der Waals surface area contributed by atoms with Gasteiger partial charge in [-0.3, -0.25) is 9.98 Å². The molecule has 6 nitrogen and oxygen atoms in total. The molecule has 0 atom stereocenters. The van der Waals surface area contributed by atoms with Gasteiger partial charge in [0.2, 0.25) is 0 Å². The molecular weight excluding hydrogens is 1070 g/mol. The Morgan fingerprint density at radius 3 is 0.912 bits per heavy atom. The molecule has 0 bridgehead atoms. The summed E-state index contributed by atoms with van der Waals surface area (Å²) >= 11 is 0. The van der Waals surface area contributed by atoms with Crippen molar-refractivity contribution in [3.8, 4) is 0 Å². The molecule has 0 amide bonds. The number of hydrogen-bond acceptors (Lipinski definition) is 2. The molecule has 0 aliphatic heterocycles. The topological polar surface area (TPSA) is 101 Å². The number of allylic oxidation sites excluding steroid dienone is 6. The first kappa shape index (κ1) is 72.2. The molecule has 0 aromatic heterocycles. The van der Waals surface area contributed by atoms with Crippen molar-refractivity contribution in [3.05, 3.63) is 245 Å². The first-order valence-corrected chi connectivity index (χ1v) is 27.6. The van der Waals surface area contributed by atoms with Crippen LogP contribution in [0.3, 0.4) is 0 Å². The maximum atomic E-state index is 7.35. The standard InChI is InChI=1S/2C23H29N2.2C13H18N.2Co/c2*1-14-9-16(3)22(17(4)10-14)24-20(7)13-21(8)25-23-18(5)11-15(2)12-19(23)6;2*1-13(2,11-14)10-6-9-12-7-4-3-5-8-12;;/h2*9-13H,1-8H3;2*3-9,14H,10-11H2,1-2H3;;/q4*-1;2*+2/b2*20-13-,25-21?;2*9-6+;;. The normalized spacial score (nSPS) is 12.1. The van der Waals surface area contributed by atoms with Crippen LogP contribution in [0.2, 0.25) is 0 Å². The zero-order chi connectivity index (χ0) is 58.3. The van der Waals surface area contributed by atoms with Gasteiger partial charge < -0.3 is 22.1 Å².